The summed E-state index contributed by atoms with van der Waals surface area (Å²) < 4.78 is 1.22. The summed E-state index contributed by atoms with van der Waals surface area (Å²) in [5.74, 6) is 0. The van der Waals surface area contributed by atoms with Gasteiger partial charge in [0.05, 0.1) is 0 Å². The number of nitrogens with zero attached hydrogens (tertiary/aromatic N) is 1. The molecular weight excluding hydrogens is 276 g/mol. The Labute approximate surface area is 113 Å². The minimum Gasteiger partial charge on any atom is -0.368 e. The molecule has 1 unspecified atom stereocenters. The van der Waals surface area contributed by atoms with Gasteiger partial charge in [0, 0.05) is 22.7 Å². The van der Waals surface area contributed by atoms with Crippen molar-refractivity contribution in [1.29, 1.82) is 0 Å². The van der Waals surface area contributed by atoms with Crippen molar-refractivity contribution in [2.45, 2.75) is 32.2 Å². The van der Waals surface area contributed by atoms with Crippen LogP contribution in [0.25, 0.3) is 0 Å². The third-order valence-electron chi connectivity index (χ3n) is 3.59. The van der Waals surface area contributed by atoms with Gasteiger partial charge >= 0.3 is 0 Å². The predicted molar refractivity (Wildman–Crippen MR) is 77.8 cm³/mol. The Bertz CT molecular complexity index is 378. The van der Waals surface area contributed by atoms with Crippen LogP contribution in [0, 0.1) is 6.92 Å². The summed E-state index contributed by atoms with van der Waals surface area (Å²) in [6.07, 6.45) is 3.88. The molecule has 17 heavy (non-hydrogen) atoms. The van der Waals surface area contributed by atoms with Crippen LogP contribution in [0.4, 0.5) is 5.69 Å². The zero-order valence-corrected chi connectivity index (χ0v) is 12.3. The number of benzene rings is 1. The first-order chi connectivity index (χ1) is 8.22. The Morgan fingerprint density at radius 3 is 3.00 bits per heavy atom. The van der Waals surface area contributed by atoms with Crippen LogP contribution in [0.5, 0.6) is 0 Å². The Hall–Kier alpha value is -0.540. The summed E-state index contributed by atoms with van der Waals surface area (Å²) in [5, 5.41) is 3.25. The van der Waals surface area contributed by atoms with Gasteiger partial charge in [0.2, 0.25) is 0 Å². The van der Waals surface area contributed by atoms with E-state index in [4.69, 9.17) is 0 Å². The van der Waals surface area contributed by atoms with Crippen LogP contribution >= 0.6 is 15.9 Å². The second-order valence-corrected chi connectivity index (χ2v) is 5.67. The van der Waals surface area contributed by atoms with Crippen molar-refractivity contribution in [3.8, 4) is 0 Å². The Balaban J connectivity index is 2.11. The van der Waals surface area contributed by atoms with Gasteiger partial charge in [-0.2, -0.15) is 0 Å². The summed E-state index contributed by atoms with van der Waals surface area (Å²) in [6.45, 7) is 4.44. The molecule has 1 N–H and O–H groups in total. The SMILES string of the molecule is CNCCC1CCCN1c1ccc(C)c(Br)c1. The summed E-state index contributed by atoms with van der Waals surface area (Å²) in [7, 11) is 2.03. The molecule has 0 saturated carbocycles. The van der Waals surface area contributed by atoms with Gasteiger partial charge in [-0.05, 0) is 57.5 Å². The van der Waals surface area contributed by atoms with Crippen molar-refractivity contribution in [3.63, 3.8) is 0 Å². The van der Waals surface area contributed by atoms with Crippen LogP contribution < -0.4 is 10.2 Å². The van der Waals surface area contributed by atoms with Crippen LogP contribution in [0.15, 0.2) is 22.7 Å². The highest BCUT2D eigenvalue weighted by Crippen LogP contribution is 2.30. The lowest BCUT2D eigenvalue weighted by Gasteiger charge is -2.27. The molecule has 94 valence electrons. The smallest absolute Gasteiger partial charge is 0.0380 e. The molecule has 0 aromatic heterocycles. The van der Waals surface area contributed by atoms with Crippen LogP contribution in [0.2, 0.25) is 0 Å². The van der Waals surface area contributed by atoms with E-state index in [1.807, 2.05) is 7.05 Å². The van der Waals surface area contributed by atoms with Gasteiger partial charge in [-0.3, -0.25) is 0 Å². The second-order valence-electron chi connectivity index (χ2n) is 4.82. The van der Waals surface area contributed by atoms with Gasteiger partial charge in [0.15, 0.2) is 0 Å². The maximum absolute atomic E-state index is 3.63. The zero-order valence-electron chi connectivity index (χ0n) is 10.7. The van der Waals surface area contributed by atoms with E-state index in [2.05, 4.69) is 51.3 Å². The Kier molecular flexibility index (Phi) is 4.46. The Morgan fingerprint density at radius 2 is 2.29 bits per heavy atom. The molecule has 1 atom stereocenters. The fraction of sp³-hybridized carbons (Fsp3) is 0.571. The summed E-state index contributed by atoms with van der Waals surface area (Å²) in [6, 6.07) is 7.41. The minimum atomic E-state index is 0.706. The fourth-order valence-corrected chi connectivity index (χ4v) is 2.91. The molecular formula is C14H21BrN2. The molecule has 1 aromatic rings. The van der Waals surface area contributed by atoms with Gasteiger partial charge in [0.1, 0.15) is 0 Å². The van der Waals surface area contributed by atoms with Crippen LogP contribution in [0.3, 0.4) is 0 Å². The molecule has 1 aromatic carbocycles. The molecule has 1 heterocycles. The van der Waals surface area contributed by atoms with E-state index in [1.54, 1.807) is 0 Å². The molecule has 1 aliphatic heterocycles. The van der Waals surface area contributed by atoms with Gasteiger partial charge in [-0.25, -0.2) is 0 Å². The van der Waals surface area contributed by atoms with Gasteiger partial charge in [0.25, 0.3) is 0 Å². The number of aryl methyl sites for hydroxylation is 1. The van der Waals surface area contributed by atoms with E-state index in [0.717, 1.165) is 6.54 Å². The summed E-state index contributed by atoms with van der Waals surface area (Å²) in [4.78, 5) is 2.56. The number of hydrogen-bond donors (Lipinski definition) is 1. The summed E-state index contributed by atoms with van der Waals surface area (Å²) in [5.41, 5.74) is 2.67. The fourth-order valence-electron chi connectivity index (χ4n) is 2.55. The molecule has 0 radical (unpaired) electrons. The molecule has 0 spiro atoms. The van der Waals surface area contributed by atoms with E-state index in [-0.39, 0.29) is 0 Å². The predicted octanol–water partition coefficient (Wildman–Crippen LogP) is 3.34. The topological polar surface area (TPSA) is 15.3 Å². The average Bonchev–Trinajstić information content (AvgIpc) is 2.78. The first-order valence-corrected chi connectivity index (χ1v) is 7.19. The highest BCUT2D eigenvalue weighted by Gasteiger charge is 2.24. The molecule has 0 bridgehead atoms. The van der Waals surface area contributed by atoms with Crippen LogP contribution in [-0.2, 0) is 0 Å². The lowest BCUT2D eigenvalue weighted by atomic mass is 10.1. The van der Waals surface area contributed by atoms with Crippen molar-refractivity contribution in [2.75, 3.05) is 25.0 Å². The monoisotopic (exact) mass is 296 g/mol. The third kappa shape index (κ3) is 3.02. The molecule has 1 aliphatic rings. The van der Waals surface area contributed by atoms with Crippen molar-refractivity contribution >= 4 is 21.6 Å². The number of nitrogens with one attached hydrogen (secondary N) is 1. The van der Waals surface area contributed by atoms with Crippen LogP contribution in [-0.4, -0.2) is 26.2 Å². The van der Waals surface area contributed by atoms with Crippen molar-refractivity contribution < 1.29 is 0 Å². The van der Waals surface area contributed by atoms with E-state index in [9.17, 15) is 0 Å². The number of rotatable bonds is 4. The lowest BCUT2D eigenvalue weighted by Crippen LogP contribution is -2.31. The maximum atomic E-state index is 3.63. The molecule has 0 aliphatic carbocycles. The molecule has 2 nitrogen and oxygen atoms in total. The largest absolute Gasteiger partial charge is 0.368 e. The third-order valence-corrected chi connectivity index (χ3v) is 4.45. The number of halogens is 1. The first kappa shape index (κ1) is 12.9. The van der Waals surface area contributed by atoms with Crippen molar-refractivity contribution in [3.05, 3.63) is 28.2 Å². The van der Waals surface area contributed by atoms with E-state index in [1.165, 1.54) is 41.5 Å². The van der Waals surface area contributed by atoms with E-state index < -0.39 is 0 Å². The summed E-state index contributed by atoms with van der Waals surface area (Å²) >= 11 is 3.63. The van der Waals surface area contributed by atoms with Gasteiger partial charge in [-0.1, -0.05) is 22.0 Å². The first-order valence-electron chi connectivity index (χ1n) is 6.40. The van der Waals surface area contributed by atoms with Gasteiger partial charge < -0.3 is 10.2 Å². The molecule has 1 saturated heterocycles. The number of anilines is 1. The van der Waals surface area contributed by atoms with E-state index >= 15 is 0 Å². The molecule has 2 rings (SSSR count). The molecule has 0 amide bonds. The lowest BCUT2D eigenvalue weighted by molar-refractivity contribution is 0.585. The highest BCUT2D eigenvalue weighted by molar-refractivity contribution is 9.10. The van der Waals surface area contributed by atoms with Crippen molar-refractivity contribution in [2.24, 2.45) is 0 Å². The average molecular weight is 297 g/mol. The zero-order chi connectivity index (χ0) is 12.3. The van der Waals surface area contributed by atoms with Crippen LogP contribution in [0.1, 0.15) is 24.8 Å². The number of hydrogen-bond acceptors (Lipinski definition) is 2. The second kappa shape index (κ2) is 5.87. The van der Waals surface area contributed by atoms with E-state index in [0.29, 0.717) is 6.04 Å². The normalized spacial score (nSPS) is 19.9. The Morgan fingerprint density at radius 1 is 1.47 bits per heavy atom. The quantitative estimate of drug-likeness (QED) is 0.917. The maximum Gasteiger partial charge on any atom is 0.0380 e. The van der Waals surface area contributed by atoms with Gasteiger partial charge in [-0.15, -0.1) is 0 Å². The molecule has 3 heteroatoms. The standard InChI is InChI=1S/C14H21BrN2/c1-11-5-6-13(10-14(11)15)17-9-3-4-12(17)7-8-16-2/h5-6,10,12,16H,3-4,7-9H2,1-2H3. The van der Waals surface area contributed by atoms with Crippen molar-refractivity contribution in [1.82, 2.24) is 5.32 Å². The minimum absolute atomic E-state index is 0.706. The highest BCUT2D eigenvalue weighted by atomic mass is 79.9. The molecule has 1 fully saturated rings.